The van der Waals surface area contributed by atoms with Crippen molar-refractivity contribution >= 4 is 23.1 Å². The van der Waals surface area contributed by atoms with Crippen LogP contribution < -0.4 is 11.1 Å². The molecule has 0 aliphatic rings. The first-order valence-electron chi connectivity index (χ1n) is 6.07. The number of benzene rings is 1. The van der Waals surface area contributed by atoms with Gasteiger partial charge in [-0.15, -0.1) is 0 Å². The monoisotopic (exact) mass is 280 g/mol. The Morgan fingerprint density at radius 1 is 1.42 bits per heavy atom. The predicted octanol–water partition coefficient (Wildman–Crippen LogP) is 1.75. The highest BCUT2D eigenvalue weighted by Crippen LogP contribution is 2.07. The Bertz CT molecular complexity index is 467. The number of rotatable bonds is 5. The van der Waals surface area contributed by atoms with Gasteiger partial charge in [-0.2, -0.15) is 0 Å². The topological polar surface area (TPSA) is 64.3 Å². The van der Waals surface area contributed by atoms with Gasteiger partial charge in [0.05, 0.1) is 5.60 Å². The third-order valence-electron chi connectivity index (χ3n) is 2.34. The second-order valence-electron chi connectivity index (χ2n) is 5.24. The van der Waals surface area contributed by atoms with Crippen LogP contribution in [0.25, 0.3) is 0 Å². The summed E-state index contributed by atoms with van der Waals surface area (Å²) in [6, 6.07) is 7.48. The Morgan fingerprint density at radius 2 is 2.11 bits per heavy atom. The summed E-state index contributed by atoms with van der Waals surface area (Å²) in [7, 11) is 0. The lowest BCUT2D eigenvalue weighted by Crippen LogP contribution is -2.31. The number of carbonyl (C=O) groups is 1. The quantitative estimate of drug-likeness (QED) is 0.807. The summed E-state index contributed by atoms with van der Waals surface area (Å²) in [6.07, 6.45) is 0. The number of carbonyl (C=O) groups excluding carboxylic acids is 1. The summed E-state index contributed by atoms with van der Waals surface area (Å²) in [6.45, 7) is 6.21. The Morgan fingerprint density at radius 3 is 2.68 bits per heavy atom. The second-order valence-corrected chi connectivity index (χ2v) is 5.68. The SMILES string of the molecule is CC(C)(C)OCC(=O)NCc1cccc(C(N)=S)c1. The van der Waals surface area contributed by atoms with Crippen molar-refractivity contribution in [1.82, 2.24) is 5.32 Å². The highest BCUT2D eigenvalue weighted by atomic mass is 32.1. The zero-order valence-electron chi connectivity index (χ0n) is 11.5. The summed E-state index contributed by atoms with van der Waals surface area (Å²) >= 11 is 4.91. The van der Waals surface area contributed by atoms with E-state index in [-0.39, 0.29) is 18.1 Å². The standard InChI is InChI=1S/C14H20N2O2S/c1-14(2,3)18-9-12(17)16-8-10-5-4-6-11(7-10)13(15)19/h4-7H,8-9H2,1-3H3,(H2,15,19)(H,16,17). The zero-order valence-corrected chi connectivity index (χ0v) is 12.3. The number of nitrogens with one attached hydrogen (secondary N) is 1. The molecule has 0 spiro atoms. The van der Waals surface area contributed by atoms with Gasteiger partial charge in [0.25, 0.3) is 0 Å². The maximum Gasteiger partial charge on any atom is 0.246 e. The van der Waals surface area contributed by atoms with E-state index in [9.17, 15) is 4.79 Å². The summed E-state index contributed by atoms with van der Waals surface area (Å²) < 4.78 is 5.39. The maximum absolute atomic E-state index is 11.6. The lowest BCUT2D eigenvalue weighted by molar-refractivity contribution is -0.130. The largest absolute Gasteiger partial charge is 0.389 e. The molecule has 1 aromatic rings. The number of nitrogens with two attached hydrogens (primary N) is 1. The Kier molecular flexibility index (Phi) is 5.44. The molecule has 0 aliphatic heterocycles. The van der Waals surface area contributed by atoms with Crippen molar-refractivity contribution in [2.45, 2.75) is 32.9 Å². The van der Waals surface area contributed by atoms with Crippen LogP contribution in [0.1, 0.15) is 31.9 Å². The van der Waals surface area contributed by atoms with Crippen LogP contribution >= 0.6 is 12.2 Å². The average Bonchev–Trinajstić information content (AvgIpc) is 2.33. The van der Waals surface area contributed by atoms with Crippen molar-refractivity contribution < 1.29 is 9.53 Å². The van der Waals surface area contributed by atoms with Gasteiger partial charge in [0, 0.05) is 12.1 Å². The Labute approximate surface area is 119 Å². The summed E-state index contributed by atoms with van der Waals surface area (Å²) in [4.78, 5) is 11.9. The van der Waals surface area contributed by atoms with E-state index in [1.165, 1.54) is 0 Å². The van der Waals surface area contributed by atoms with Crippen molar-refractivity contribution in [1.29, 1.82) is 0 Å². The van der Waals surface area contributed by atoms with Crippen molar-refractivity contribution in [2.75, 3.05) is 6.61 Å². The molecule has 0 unspecified atom stereocenters. The van der Waals surface area contributed by atoms with Crippen LogP contribution in [0.2, 0.25) is 0 Å². The predicted molar refractivity (Wildman–Crippen MR) is 79.9 cm³/mol. The third-order valence-corrected chi connectivity index (χ3v) is 2.57. The molecule has 5 heteroatoms. The Hall–Kier alpha value is -1.46. The smallest absolute Gasteiger partial charge is 0.246 e. The molecule has 19 heavy (non-hydrogen) atoms. The molecule has 0 heterocycles. The molecule has 1 amide bonds. The second kappa shape index (κ2) is 6.63. The zero-order chi connectivity index (χ0) is 14.5. The maximum atomic E-state index is 11.6. The van der Waals surface area contributed by atoms with Crippen LogP contribution in [0, 0.1) is 0 Å². The minimum atomic E-state index is -0.316. The van der Waals surface area contributed by atoms with E-state index >= 15 is 0 Å². The number of amides is 1. The van der Waals surface area contributed by atoms with Gasteiger partial charge in [0.2, 0.25) is 5.91 Å². The van der Waals surface area contributed by atoms with E-state index in [1.807, 2.05) is 45.0 Å². The van der Waals surface area contributed by atoms with E-state index < -0.39 is 0 Å². The molecular formula is C14H20N2O2S. The van der Waals surface area contributed by atoms with Crippen LogP contribution in [0.4, 0.5) is 0 Å². The summed E-state index contributed by atoms with van der Waals surface area (Å²) in [5, 5.41) is 2.79. The molecule has 0 aromatic heterocycles. The van der Waals surface area contributed by atoms with E-state index in [2.05, 4.69) is 5.32 Å². The molecule has 104 valence electrons. The van der Waals surface area contributed by atoms with Gasteiger partial charge >= 0.3 is 0 Å². The van der Waals surface area contributed by atoms with Gasteiger partial charge in [0.15, 0.2) is 0 Å². The van der Waals surface area contributed by atoms with Crippen LogP contribution in [0.5, 0.6) is 0 Å². The average molecular weight is 280 g/mol. The molecule has 0 aliphatic carbocycles. The minimum Gasteiger partial charge on any atom is -0.389 e. The van der Waals surface area contributed by atoms with E-state index in [1.54, 1.807) is 0 Å². The normalized spacial score (nSPS) is 11.1. The molecule has 4 nitrogen and oxygen atoms in total. The molecule has 1 rings (SSSR count). The van der Waals surface area contributed by atoms with Gasteiger partial charge in [-0.1, -0.05) is 30.4 Å². The van der Waals surface area contributed by atoms with Crippen molar-refractivity contribution in [2.24, 2.45) is 5.73 Å². The number of ether oxygens (including phenoxy) is 1. The summed E-state index contributed by atoms with van der Waals surface area (Å²) in [5.41, 5.74) is 6.99. The lowest BCUT2D eigenvalue weighted by Gasteiger charge is -2.19. The fourth-order valence-corrected chi connectivity index (χ4v) is 1.50. The highest BCUT2D eigenvalue weighted by molar-refractivity contribution is 7.80. The molecule has 0 bridgehead atoms. The van der Waals surface area contributed by atoms with E-state index in [0.29, 0.717) is 11.5 Å². The van der Waals surface area contributed by atoms with E-state index in [0.717, 1.165) is 11.1 Å². The minimum absolute atomic E-state index is 0.0541. The van der Waals surface area contributed by atoms with Gasteiger partial charge in [-0.25, -0.2) is 0 Å². The molecule has 0 atom stereocenters. The van der Waals surface area contributed by atoms with Crippen molar-refractivity contribution in [3.63, 3.8) is 0 Å². The molecular weight excluding hydrogens is 260 g/mol. The van der Waals surface area contributed by atoms with Crippen molar-refractivity contribution in [3.05, 3.63) is 35.4 Å². The molecule has 0 fully saturated rings. The molecule has 0 radical (unpaired) electrons. The molecule has 0 saturated carbocycles. The fraction of sp³-hybridized carbons (Fsp3) is 0.429. The molecule has 3 N–H and O–H groups in total. The number of hydrogen-bond donors (Lipinski definition) is 2. The van der Waals surface area contributed by atoms with Gasteiger partial charge in [-0.3, -0.25) is 4.79 Å². The van der Waals surface area contributed by atoms with Gasteiger partial charge in [0.1, 0.15) is 11.6 Å². The van der Waals surface area contributed by atoms with Gasteiger partial charge < -0.3 is 15.8 Å². The van der Waals surface area contributed by atoms with Crippen LogP contribution in [-0.2, 0) is 16.1 Å². The number of thiocarbonyl (C=S) groups is 1. The van der Waals surface area contributed by atoms with Crippen molar-refractivity contribution in [3.8, 4) is 0 Å². The van der Waals surface area contributed by atoms with Crippen LogP contribution in [0.15, 0.2) is 24.3 Å². The highest BCUT2D eigenvalue weighted by Gasteiger charge is 2.12. The Balaban J connectivity index is 2.46. The van der Waals surface area contributed by atoms with Gasteiger partial charge in [-0.05, 0) is 32.4 Å². The third kappa shape index (κ3) is 6.31. The van der Waals surface area contributed by atoms with Crippen LogP contribution in [0.3, 0.4) is 0 Å². The van der Waals surface area contributed by atoms with Crippen LogP contribution in [-0.4, -0.2) is 23.1 Å². The first-order chi connectivity index (χ1) is 8.78. The summed E-state index contributed by atoms with van der Waals surface area (Å²) in [5.74, 6) is -0.143. The van der Waals surface area contributed by atoms with E-state index in [4.69, 9.17) is 22.7 Å². The first-order valence-corrected chi connectivity index (χ1v) is 6.48. The fourth-order valence-electron chi connectivity index (χ4n) is 1.37. The molecule has 1 aromatic carbocycles. The first kappa shape index (κ1) is 15.6. The molecule has 0 saturated heterocycles. The lowest BCUT2D eigenvalue weighted by atomic mass is 10.1. The number of hydrogen-bond acceptors (Lipinski definition) is 3.